The highest BCUT2D eigenvalue weighted by atomic mass is 32.2. The normalized spacial score (nSPS) is 12.2. The van der Waals surface area contributed by atoms with Crippen molar-refractivity contribution < 1.29 is 13.6 Å². The van der Waals surface area contributed by atoms with Crippen LogP contribution in [0.4, 0.5) is 5.69 Å². The van der Waals surface area contributed by atoms with Crippen molar-refractivity contribution in [2.45, 2.75) is 20.4 Å². The van der Waals surface area contributed by atoms with Crippen molar-refractivity contribution in [3.05, 3.63) is 83.4 Å². The molecule has 1 heterocycles. The van der Waals surface area contributed by atoms with Gasteiger partial charge in [-0.2, -0.15) is 0 Å². The van der Waals surface area contributed by atoms with Crippen molar-refractivity contribution in [2.24, 2.45) is 0 Å². The average Bonchev–Trinajstić information content (AvgIpc) is 3.17. The molecular formula is C24H22N3O3S2-. The molecule has 0 aliphatic rings. The second-order valence-corrected chi connectivity index (χ2v) is 9.60. The lowest BCUT2D eigenvalue weighted by Gasteiger charge is -2.23. The van der Waals surface area contributed by atoms with Gasteiger partial charge in [0.05, 0.1) is 16.8 Å². The molecule has 4 aromatic rings. The maximum absolute atomic E-state index is 12.5. The Morgan fingerprint density at radius 2 is 1.81 bits per heavy atom. The molecule has 8 heteroatoms. The second-order valence-electron chi connectivity index (χ2n) is 7.62. The van der Waals surface area contributed by atoms with Crippen LogP contribution in [0.5, 0.6) is 0 Å². The van der Waals surface area contributed by atoms with Gasteiger partial charge in [-0.25, -0.2) is 9.29 Å². The van der Waals surface area contributed by atoms with Crippen LogP contribution >= 0.6 is 11.3 Å². The minimum Gasteiger partial charge on any atom is -0.760 e. The first-order chi connectivity index (χ1) is 15.4. The van der Waals surface area contributed by atoms with Gasteiger partial charge in [0.25, 0.3) is 0 Å². The maximum Gasteiger partial charge on any atom is 0.239 e. The van der Waals surface area contributed by atoms with E-state index in [0.717, 1.165) is 36.2 Å². The zero-order chi connectivity index (χ0) is 22.7. The number of hydrogen-bond donors (Lipinski definition) is 1. The molecule has 164 valence electrons. The molecule has 0 radical (unpaired) electrons. The number of carbonyl (C=O) groups is 1. The maximum atomic E-state index is 12.5. The monoisotopic (exact) mass is 464 g/mol. The van der Waals surface area contributed by atoms with E-state index in [-0.39, 0.29) is 13.1 Å². The summed E-state index contributed by atoms with van der Waals surface area (Å²) in [6.45, 7) is 3.87. The van der Waals surface area contributed by atoms with Gasteiger partial charge in [-0.1, -0.05) is 35.9 Å². The van der Waals surface area contributed by atoms with Crippen LogP contribution in [0.25, 0.3) is 20.8 Å². The average molecular weight is 465 g/mol. The van der Waals surface area contributed by atoms with Crippen LogP contribution in [-0.4, -0.2) is 30.5 Å². The molecule has 1 aromatic heterocycles. The van der Waals surface area contributed by atoms with E-state index in [0.29, 0.717) is 5.69 Å². The standard InChI is InChI=1S/C24H23N3O3S2/c1-16-4-3-5-18(12-16)14-27(32(29)30)15-23(28)25-20-9-7-19(8-10-20)24-26-21-11-6-17(2)13-22(21)31-24/h3-13H,14-15H2,1-2H3,(H,25,28)(H,29,30)/p-1. The van der Waals surface area contributed by atoms with Gasteiger partial charge in [0.1, 0.15) is 5.01 Å². The van der Waals surface area contributed by atoms with Crippen LogP contribution in [0.15, 0.2) is 66.7 Å². The first-order valence-electron chi connectivity index (χ1n) is 10.0. The van der Waals surface area contributed by atoms with Gasteiger partial charge < -0.3 is 9.87 Å². The summed E-state index contributed by atoms with van der Waals surface area (Å²) in [5, 5.41) is 3.68. The summed E-state index contributed by atoms with van der Waals surface area (Å²) in [4.78, 5) is 17.1. The first-order valence-corrected chi connectivity index (χ1v) is 11.9. The number of anilines is 1. The van der Waals surface area contributed by atoms with Crippen molar-refractivity contribution in [1.82, 2.24) is 9.29 Å². The van der Waals surface area contributed by atoms with Gasteiger partial charge in [-0.05, 0) is 61.4 Å². The van der Waals surface area contributed by atoms with Crippen LogP contribution in [-0.2, 0) is 22.6 Å². The quantitative estimate of drug-likeness (QED) is 0.398. The number of fused-ring (bicyclic) bond motifs is 1. The Morgan fingerprint density at radius 1 is 1.06 bits per heavy atom. The summed E-state index contributed by atoms with van der Waals surface area (Å²) >= 11 is -0.888. The number of nitrogens with zero attached hydrogens (tertiary/aromatic N) is 2. The van der Waals surface area contributed by atoms with Gasteiger partial charge in [0, 0.05) is 29.1 Å². The highest BCUT2D eigenvalue weighted by Gasteiger charge is 2.13. The lowest BCUT2D eigenvalue weighted by Crippen LogP contribution is -2.34. The number of thiazole rings is 1. The molecule has 1 amide bonds. The molecule has 1 N–H and O–H groups in total. The lowest BCUT2D eigenvalue weighted by atomic mass is 10.1. The molecule has 1 unspecified atom stereocenters. The summed E-state index contributed by atoms with van der Waals surface area (Å²) in [7, 11) is 0. The van der Waals surface area contributed by atoms with Crippen molar-refractivity contribution in [1.29, 1.82) is 0 Å². The number of nitrogens with one attached hydrogen (secondary N) is 1. The van der Waals surface area contributed by atoms with Crippen molar-refractivity contribution in [2.75, 3.05) is 11.9 Å². The molecule has 0 aliphatic heterocycles. The fourth-order valence-electron chi connectivity index (χ4n) is 3.39. The molecule has 6 nitrogen and oxygen atoms in total. The van der Waals surface area contributed by atoms with Crippen molar-refractivity contribution >= 4 is 44.4 Å². The second kappa shape index (κ2) is 9.70. The Hall–Kier alpha value is -2.91. The topological polar surface area (TPSA) is 85.4 Å². The number of hydrogen-bond acceptors (Lipinski definition) is 5. The first kappa shape index (κ1) is 22.3. The molecule has 0 fully saturated rings. The summed E-state index contributed by atoms with van der Waals surface area (Å²) < 4.78 is 25.5. The van der Waals surface area contributed by atoms with E-state index < -0.39 is 17.2 Å². The summed E-state index contributed by atoms with van der Waals surface area (Å²) in [5.41, 5.74) is 5.59. The third kappa shape index (κ3) is 5.46. The zero-order valence-corrected chi connectivity index (χ0v) is 19.3. The highest BCUT2D eigenvalue weighted by Crippen LogP contribution is 2.31. The Balaban J connectivity index is 1.41. The third-order valence-corrected chi connectivity index (χ3v) is 6.68. The fourth-order valence-corrected chi connectivity index (χ4v) is 4.93. The Morgan fingerprint density at radius 3 is 2.53 bits per heavy atom. The van der Waals surface area contributed by atoms with Gasteiger partial charge >= 0.3 is 0 Å². The van der Waals surface area contributed by atoms with E-state index in [4.69, 9.17) is 0 Å². The van der Waals surface area contributed by atoms with E-state index in [1.54, 1.807) is 23.5 Å². The Bertz CT molecular complexity index is 1290. The molecule has 0 saturated heterocycles. The summed E-state index contributed by atoms with van der Waals surface area (Å²) in [6, 6.07) is 21.1. The zero-order valence-electron chi connectivity index (χ0n) is 17.7. The number of amides is 1. The lowest BCUT2D eigenvalue weighted by molar-refractivity contribution is -0.116. The van der Waals surface area contributed by atoms with E-state index in [1.165, 1.54) is 5.56 Å². The van der Waals surface area contributed by atoms with Crippen LogP contribution in [0.1, 0.15) is 16.7 Å². The van der Waals surface area contributed by atoms with E-state index in [9.17, 15) is 13.6 Å². The van der Waals surface area contributed by atoms with E-state index in [1.807, 2.05) is 55.5 Å². The fraction of sp³-hybridized carbons (Fsp3) is 0.167. The number of rotatable bonds is 7. The summed E-state index contributed by atoms with van der Waals surface area (Å²) in [5.74, 6) is -0.398. The molecule has 32 heavy (non-hydrogen) atoms. The molecule has 4 rings (SSSR count). The predicted molar refractivity (Wildman–Crippen MR) is 129 cm³/mol. The predicted octanol–water partition coefficient (Wildman–Crippen LogP) is 4.81. The van der Waals surface area contributed by atoms with Crippen LogP contribution < -0.4 is 5.32 Å². The molecule has 0 saturated carbocycles. The largest absolute Gasteiger partial charge is 0.760 e. The molecular weight excluding hydrogens is 442 g/mol. The van der Waals surface area contributed by atoms with E-state index >= 15 is 0 Å². The minimum absolute atomic E-state index is 0.140. The number of aromatic nitrogens is 1. The number of carbonyl (C=O) groups excluding carboxylic acids is 1. The van der Waals surface area contributed by atoms with Crippen molar-refractivity contribution in [3.63, 3.8) is 0 Å². The molecule has 0 spiro atoms. The highest BCUT2D eigenvalue weighted by molar-refractivity contribution is 7.76. The number of benzene rings is 3. The molecule has 3 aromatic carbocycles. The van der Waals surface area contributed by atoms with Gasteiger partial charge in [-0.15, -0.1) is 11.3 Å². The smallest absolute Gasteiger partial charge is 0.239 e. The van der Waals surface area contributed by atoms with E-state index in [2.05, 4.69) is 23.3 Å². The van der Waals surface area contributed by atoms with Crippen LogP contribution in [0, 0.1) is 13.8 Å². The van der Waals surface area contributed by atoms with Gasteiger partial charge in [0.2, 0.25) is 5.91 Å². The molecule has 1 atom stereocenters. The van der Waals surface area contributed by atoms with Gasteiger partial charge in [0.15, 0.2) is 0 Å². The number of aryl methyl sites for hydroxylation is 2. The Kier molecular flexibility index (Phi) is 6.76. The van der Waals surface area contributed by atoms with Gasteiger partial charge in [-0.3, -0.25) is 9.00 Å². The Labute approximate surface area is 193 Å². The third-order valence-electron chi connectivity index (χ3n) is 4.93. The van der Waals surface area contributed by atoms with Crippen molar-refractivity contribution in [3.8, 4) is 10.6 Å². The van der Waals surface area contributed by atoms with Crippen LogP contribution in [0.3, 0.4) is 0 Å². The summed E-state index contributed by atoms with van der Waals surface area (Å²) in [6.07, 6.45) is 0. The SMILES string of the molecule is Cc1cccc(CN(CC(=O)Nc2ccc(-c3nc4ccc(C)cc4s3)cc2)S(=O)[O-])c1. The van der Waals surface area contributed by atoms with Crippen LogP contribution in [0.2, 0.25) is 0 Å². The molecule has 0 bridgehead atoms. The minimum atomic E-state index is -2.51. The molecule has 0 aliphatic carbocycles.